The summed E-state index contributed by atoms with van der Waals surface area (Å²) < 4.78 is 52.3. The van der Waals surface area contributed by atoms with Crippen LogP contribution in [0.1, 0.15) is 37.4 Å². The Morgan fingerprint density at radius 2 is 0.904 bits per heavy atom. The number of carbonyl (C=O) groups is 2. The Bertz CT molecular complexity index is 2570. The molecule has 0 aliphatic carbocycles. The van der Waals surface area contributed by atoms with Crippen molar-refractivity contribution in [1.82, 2.24) is 8.61 Å². The zero-order valence-electron chi connectivity index (χ0n) is 27.6. The van der Waals surface area contributed by atoms with Gasteiger partial charge < -0.3 is 10.2 Å². The van der Waals surface area contributed by atoms with E-state index >= 15 is 0 Å². The van der Waals surface area contributed by atoms with Crippen molar-refractivity contribution < 1.29 is 36.6 Å². The Hall–Kier alpha value is -6.49. The summed E-state index contributed by atoms with van der Waals surface area (Å²) in [5, 5.41) is 30.0. The molecule has 11 nitrogen and oxygen atoms in total. The second-order valence-corrected chi connectivity index (χ2v) is 15.5. The van der Waals surface area contributed by atoms with Crippen LogP contribution in [-0.4, -0.2) is 61.3 Å². The number of ketones is 2. The number of likely N-dealkylation sites (N-methyl/N-ethyl adjacent to an activating group) is 2. The highest BCUT2D eigenvalue weighted by Crippen LogP contribution is 2.36. The fourth-order valence-corrected chi connectivity index (χ4v) is 8.56. The van der Waals surface area contributed by atoms with E-state index in [9.17, 15) is 36.6 Å². The lowest BCUT2D eigenvalue weighted by Crippen LogP contribution is -2.37. The monoisotopic (exact) mass is 731 g/mol. The van der Waals surface area contributed by atoms with Crippen LogP contribution in [-0.2, 0) is 20.0 Å². The van der Waals surface area contributed by atoms with Gasteiger partial charge in [-0.3, -0.25) is 18.2 Å². The van der Waals surface area contributed by atoms with E-state index < -0.39 is 37.4 Å². The molecule has 0 spiro atoms. The standard InChI is InChI=1S/C22H17NO4S.C17H12N2O4S/c1-23-20(22(25)18-9-5-6-10-19(18)28(23,26)27)21(24)17-13-11-16(12-14-17)15-7-3-2-4-8-15;1-19-15(16(20)12-8-6-11(10-18)7-9-12)17(21)13-4-2-3-5-14(13)24(19,22)23/h2-14,24H,1H3;2-9,20H,1H3. The highest BCUT2D eigenvalue weighted by molar-refractivity contribution is 7.89. The van der Waals surface area contributed by atoms with Gasteiger partial charge >= 0.3 is 0 Å². The number of hydrogen-bond donors (Lipinski definition) is 2. The molecule has 2 aliphatic heterocycles. The lowest BCUT2D eigenvalue weighted by molar-refractivity contribution is 0.0995. The van der Waals surface area contributed by atoms with Crippen molar-refractivity contribution in [3.8, 4) is 17.2 Å². The Kier molecular flexibility index (Phi) is 9.29. The van der Waals surface area contributed by atoms with Crippen LogP contribution in [0.25, 0.3) is 22.6 Å². The van der Waals surface area contributed by atoms with Crippen molar-refractivity contribution in [2.45, 2.75) is 9.79 Å². The molecular formula is C39H29N3O8S2. The molecule has 2 N–H and O–H groups in total. The van der Waals surface area contributed by atoms with Gasteiger partial charge in [0.1, 0.15) is 11.4 Å². The molecule has 0 radical (unpaired) electrons. The molecule has 0 aromatic heterocycles. The number of aliphatic hydroxyl groups is 2. The van der Waals surface area contributed by atoms with E-state index in [0.717, 1.165) is 19.7 Å². The Labute approximate surface area is 300 Å². The summed E-state index contributed by atoms with van der Waals surface area (Å²) in [6.07, 6.45) is 0. The number of nitrogens with zero attached hydrogens (tertiary/aromatic N) is 3. The van der Waals surface area contributed by atoms with Gasteiger partial charge in [-0.2, -0.15) is 5.26 Å². The molecular weight excluding hydrogens is 703 g/mol. The molecule has 0 saturated carbocycles. The van der Waals surface area contributed by atoms with Crippen molar-refractivity contribution in [2.24, 2.45) is 0 Å². The van der Waals surface area contributed by atoms with E-state index in [0.29, 0.717) is 11.1 Å². The number of aliphatic hydroxyl groups excluding tert-OH is 2. The summed E-state index contributed by atoms with van der Waals surface area (Å²) >= 11 is 0. The summed E-state index contributed by atoms with van der Waals surface area (Å²) in [6.45, 7) is 0. The summed E-state index contributed by atoms with van der Waals surface area (Å²) in [5.41, 5.74) is 2.46. The summed E-state index contributed by atoms with van der Waals surface area (Å²) in [4.78, 5) is 25.4. The molecule has 0 bridgehead atoms. The number of Topliss-reactive ketones (excluding diaryl/α,β-unsaturated/α-hetero) is 2. The summed E-state index contributed by atoms with van der Waals surface area (Å²) in [7, 11) is -5.35. The first-order valence-corrected chi connectivity index (χ1v) is 18.4. The fraction of sp³-hybridized carbons (Fsp3) is 0.0513. The molecule has 13 heteroatoms. The lowest BCUT2D eigenvalue weighted by atomic mass is 10.0. The van der Waals surface area contributed by atoms with Gasteiger partial charge in [-0.15, -0.1) is 0 Å². The van der Waals surface area contributed by atoms with Gasteiger partial charge in [0.2, 0.25) is 11.6 Å². The van der Waals surface area contributed by atoms with Crippen LogP contribution in [0.3, 0.4) is 0 Å². The van der Waals surface area contributed by atoms with Crippen molar-refractivity contribution in [1.29, 1.82) is 5.26 Å². The van der Waals surface area contributed by atoms with Crippen LogP contribution in [0.2, 0.25) is 0 Å². The maximum absolute atomic E-state index is 12.9. The molecule has 0 saturated heterocycles. The number of nitriles is 1. The van der Waals surface area contributed by atoms with Gasteiger partial charge in [0.15, 0.2) is 11.5 Å². The highest BCUT2D eigenvalue weighted by Gasteiger charge is 2.40. The van der Waals surface area contributed by atoms with Crippen LogP contribution >= 0.6 is 0 Å². The average Bonchev–Trinajstić information content (AvgIpc) is 3.17. The molecule has 52 heavy (non-hydrogen) atoms. The van der Waals surface area contributed by atoms with Crippen molar-refractivity contribution in [3.05, 3.63) is 167 Å². The molecule has 0 unspecified atom stereocenters. The maximum Gasteiger partial charge on any atom is 0.265 e. The van der Waals surface area contributed by atoms with E-state index in [1.165, 1.54) is 68.7 Å². The zero-order chi connectivity index (χ0) is 37.4. The van der Waals surface area contributed by atoms with Crippen molar-refractivity contribution >= 4 is 43.1 Å². The van der Waals surface area contributed by atoms with Crippen LogP contribution in [0.15, 0.2) is 149 Å². The lowest BCUT2D eigenvalue weighted by Gasteiger charge is -2.28. The van der Waals surface area contributed by atoms with Crippen LogP contribution < -0.4 is 0 Å². The Morgan fingerprint density at radius 1 is 0.538 bits per heavy atom. The van der Waals surface area contributed by atoms with E-state index in [4.69, 9.17) is 5.26 Å². The number of sulfonamides is 2. The molecule has 5 aromatic carbocycles. The minimum Gasteiger partial charge on any atom is -0.505 e. The second kappa shape index (κ2) is 13.7. The predicted octanol–water partition coefficient (Wildman–Crippen LogP) is 6.40. The first kappa shape index (κ1) is 35.3. The Morgan fingerprint density at radius 3 is 1.33 bits per heavy atom. The number of rotatable bonds is 3. The summed E-state index contributed by atoms with van der Waals surface area (Å²) in [6, 6.07) is 36.4. The Balaban J connectivity index is 0.000000181. The molecule has 2 aliphatic rings. The normalized spacial score (nSPS) is 17.5. The largest absolute Gasteiger partial charge is 0.505 e. The van der Waals surface area contributed by atoms with Crippen LogP contribution in [0.4, 0.5) is 0 Å². The first-order chi connectivity index (χ1) is 24.8. The van der Waals surface area contributed by atoms with E-state index in [2.05, 4.69) is 0 Å². The SMILES string of the molecule is CN1C(=C(O)c2ccc(-c3ccccc3)cc2)C(=O)c2ccccc2S1(=O)=O.CN1C(=C(O)c2ccc(C#N)cc2)C(=O)c2ccccc2S1(=O)=O. The van der Waals surface area contributed by atoms with Gasteiger partial charge in [-0.05, 0) is 59.7 Å². The minimum absolute atomic E-state index is 0.0193. The number of carbonyl (C=O) groups excluding carboxylic acids is 2. The van der Waals surface area contributed by atoms with Gasteiger partial charge in [0.25, 0.3) is 20.0 Å². The van der Waals surface area contributed by atoms with E-state index in [1.54, 1.807) is 30.3 Å². The number of allylic oxidation sites excluding steroid dienone is 2. The molecule has 5 aromatic rings. The third-order valence-electron chi connectivity index (χ3n) is 8.60. The number of fused-ring (bicyclic) bond motifs is 2. The van der Waals surface area contributed by atoms with Crippen LogP contribution in [0.5, 0.6) is 0 Å². The predicted molar refractivity (Wildman–Crippen MR) is 194 cm³/mol. The first-order valence-electron chi connectivity index (χ1n) is 15.6. The van der Waals surface area contributed by atoms with Gasteiger partial charge in [-0.25, -0.2) is 16.8 Å². The molecule has 0 fully saturated rings. The average molecular weight is 732 g/mol. The van der Waals surface area contributed by atoms with E-state index in [1.807, 2.05) is 48.5 Å². The fourth-order valence-electron chi connectivity index (χ4n) is 5.78. The van der Waals surface area contributed by atoms with E-state index in [-0.39, 0.29) is 43.6 Å². The van der Waals surface area contributed by atoms with Gasteiger partial charge in [-0.1, -0.05) is 78.9 Å². The molecule has 0 atom stereocenters. The quantitative estimate of drug-likeness (QED) is 0.157. The van der Waals surface area contributed by atoms with Crippen LogP contribution in [0, 0.1) is 11.3 Å². The summed E-state index contributed by atoms with van der Waals surface area (Å²) in [5.74, 6) is -1.93. The smallest absolute Gasteiger partial charge is 0.265 e. The maximum atomic E-state index is 12.9. The van der Waals surface area contributed by atoms with Gasteiger partial charge in [0.05, 0.1) is 21.4 Å². The third-order valence-corrected chi connectivity index (χ3v) is 12.2. The zero-order valence-corrected chi connectivity index (χ0v) is 29.3. The highest BCUT2D eigenvalue weighted by atomic mass is 32.2. The topological polar surface area (TPSA) is 173 Å². The van der Waals surface area contributed by atoms with Crippen molar-refractivity contribution in [3.63, 3.8) is 0 Å². The molecule has 260 valence electrons. The molecule has 2 heterocycles. The number of hydrogen-bond acceptors (Lipinski definition) is 9. The minimum atomic E-state index is -3.93. The third kappa shape index (κ3) is 6.10. The number of benzene rings is 5. The van der Waals surface area contributed by atoms with Gasteiger partial charge in [0, 0.05) is 36.3 Å². The van der Waals surface area contributed by atoms with Crippen molar-refractivity contribution in [2.75, 3.05) is 14.1 Å². The second-order valence-electron chi connectivity index (χ2n) is 11.6. The molecule has 7 rings (SSSR count). The molecule has 0 amide bonds.